The minimum atomic E-state index is 0.501. The molecule has 0 spiro atoms. The van der Waals surface area contributed by atoms with Gasteiger partial charge in [-0.1, -0.05) is 6.07 Å². The lowest BCUT2D eigenvalue weighted by atomic mass is 9.52. The molecule has 4 bridgehead atoms. The van der Waals surface area contributed by atoms with E-state index in [1.165, 1.54) is 49.7 Å². The topological polar surface area (TPSA) is 27.0 Å². The summed E-state index contributed by atoms with van der Waals surface area (Å²) in [5.41, 5.74) is 4.19. The molecule has 0 aromatic heterocycles. The van der Waals surface area contributed by atoms with E-state index in [2.05, 4.69) is 23.1 Å². The van der Waals surface area contributed by atoms with Gasteiger partial charge in [0.05, 0.1) is 11.6 Å². The van der Waals surface area contributed by atoms with Gasteiger partial charge >= 0.3 is 0 Å². The third-order valence-corrected chi connectivity index (χ3v) is 6.73. The Morgan fingerprint density at radius 2 is 1.57 bits per heavy atom. The van der Waals surface area contributed by atoms with E-state index in [0.29, 0.717) is 5.54 Å². The quantitative estimate of drug-likeness (QED) is 0.780. The maximum Gasteiger partial charge on any atom is 0.0991 e. The smallest absolute Gasteiger partial charge is 0.0991 e. The van der Waals surface area contributed by atoms with Gasteiger partial charge in [-0.05, 0) is 79.5 Å². The lowest BCUT2D eigenvalue weighted by Gasteiger charge is -2.60. The molecule has 4 fully saturated rings. The number of rotatable bonds is 1. The van der Waals surface area contributed by atoms with E-state index >= 15 is 0 Å². The van der Waals surface area contributed by atoms with E-state index in [1.54, 1.807) is 0 Å². The zero-order valence-corrected chi connectivity index (χ0v) is 12.5. The van der Waals surface area contributed by atoms with Crippen LogP contribution in [0.2, 0.25) is 0 Å². The lowest BCUT2D eigenvalue weighted by molar-refractivity contribution is -0.0915. The van der Waals surface area contributed by atoms with Gasteiger partial charge in [0.2, 0.25) is 0 Å². The second-order valence-corrected chi connectivity index (χ2v) is 8.09. The normalized spacial score (nSPS) is 40.2. The van der Waals surface area contributed by atoms with Gasteiger partial charge in [0.15, 0.2) is 0 Å². The zero-order valence-electron chi connectivity index (χ0n) is 12.5. The molecule has 4 saturated carbocycles. The molecule has 1 heterocycles. The van der Waals surface area contributed by atoms with Crippen LogP contribution in [0.4, 0.5) is 0 Å². The van der Waals surface area contributed by atoms with Crippen LogP contribution in [0.3, 0.4) is 0 Å². The molecule has 5 aliphatic rings. The third kappa shape index (κ3) is 1.74. The maximum atomic E-state index is 9.10. The summed E-state index contributed by atoms with van der Waals surface area (Å²) in [5.74, 6) is 3.03. The molecule has 1 aromatic rings. The Morgan fingerprint density at radius 1 is 0.952 bits per heavy atom. The van der Waals surface area contributed by atoms with Gasteiger partial charge in [-0.3, -0.25) is 4.90 Å². The molecule has 0 amide bonds. The highest BCUT2D eigenvalue weighted by Gasteiger charge is 2.54. The highest BCUT2D eigenvalue weighted by Crippen LogP contribution is 2.58. The highest BCUT2D eigenvalue weighted by atomic mass is 15.2. The van der Waals surface area contributed by atoms with Crippen LogP contribution < -0.4 is 0 Å². The van der Waals surface area contributed by atoms with Crippen molar-refractivity contribution in [3.05, 3.63) is 34.9 Å². The first kappa shape index (κ1) is 12.2. The largest absolute Gasteiger partial charge is 0.289 e. The van der Waals surface area contributed by atoms with E-state index in [-0.39, 0.29) is 0 Å². The predicted octanol–water partition coefficient (Wildman–Crippen LogP) is 3.84. The van der Waals surface area contributed by atoms with Crippen molar-refractivity contribution in [3.63, 3.8) is 0 Å². The van der Waals surface area contributed by atoms with Crippen molar-refractivity contribution in [1.82, 2.24) is 4.90 Å². The number of nitriles is 1. The fraction of sp³-hybridized carbons (Fsp3) is 0.632. The zero-order chi connectivity index (χ0) is 14.0. The first-order valence-electron chi connectivity index (χ1n) is 8.51. The summed E-state index contributed by atoms with van der Waals surface area (Å²) in [4.78, 5) is 2.78. The van der Waals surface area contributed by atoms with E-state index in [9.17, 15) is 0 Å². The van der Waals surface area contributed by atoms with Gasteiger partial charge in [0.1, 0.15) is 0 Å². The fourth-order valence-electron chi connectivity index (χ4n) is 6.25. The monoisotopic (exact) mass is 278 g/mol. The van der Waals surface area contributed by atoms with E-state index in [0.717, 1.165) is 36.4 Å². The highest BCUT2D eigenvalue weighted by molar-refractivity contribution is 5.40. The van der Waals surface area contributed by atoms with Crippen LogP contribution in [0.1, 0.15) is 55.2 Å². The lowest BCUT2D eigenvalue weighted by Crippen LogP contribution is -2.58. The van der Waals surface area contributed by atoms with Gasteiger partial charge in [0.25, 0.3) is 0 Å². The molecule has 1 aliphatic heterocycles. The van der Waals surface area contributed by atoms with Crippen molar-refractivity contribution in [2.45, 2.75) is 57.2 Å². The molecule has 108 valence electrons. The molecule has 1 aromatic carbocycles. The van der Waals surface area contributed by atoms with E-state index in [1.807, 2.05) is 6.07 Å². The molecule has 0 atom stereocenters. The summed E-state index contributed by atoms with van der Waals surface area (Å²) >= 11 is 0. The van der Waals surface area contributed by atoms with Gasteiger partial charge in [-0.2, -0.15) is 5.26 Å². The van der Waals surface area contributed by atoms with Crippen molar-refractivity contribution < 1.29 is 0 Å². The van der Waals surface area contributed by atoms with Crippen LogP contribution >= 0.6 is 0 Å². The molecule has 0 unspecified atom stereocenters. The maximum absolute atomic E-state index is 9.10. The molecule has 2 heteroatoms. The minimum absolute atomic E-state index is 0.501. The Bertz CT molecular complexity index is 604. The van der Waals surface area contributed by atoms with E-state index < -0.39 is 0 Å². The Hall–Kier alpha value is -1.33. The molecule has 21 heavy (non-hydrogen) atoms. The summed E-state index contributed by atoms with van der Waals surface area (Å²) < 4.78 is 0. The molecule has 0 N–H and O–H groups in total. The summed E-state index contributed by atoms with van der Waals surface area (Å²) in [6, 6.07) is 8.59. The van der Waals surface area contributed by atoms with Crippen LogP contribution in [-0.2, 0) is 13.1 Å². The van der Waals surface area contributed by atoms with Gasteiger partial charge in [0, 0.05) is 18.6 Å². The van der Waals surface area contributed by atoms with Crippen molar-refractivity contribution in [2.75, 3.05) is 0 Å². The molecular formula is C19H22N2. The Kier molecular flexibility index (Phi) is 2.39. The average Bonchev–Trinajstić information content (AvgIpc) is 2.89. The van der Waals surface area contributed by atoms with Crippen molar-refractivity contribution in [3.8, 4) is 6.07 Å². The molecular weight excluding hydrogens is 256 g/mol. The van der Waals surface area contributed by atoms with Gasteiger partial charge < -0.3 is 0 Å². The first-order valence-corrected chi connectivity index (χ1v) is 8.51. The predicted molar refractivity (Wildman–Crippen MR) is 81.3 cm³/mol. The summed E-state index contributed by atoms with van der Waals surface area (Å²) in [5, 5.41) is 9.10. The number of benzene rings is 1. The number of fused-ring (bicyclic) bond motifs is 1. The first-order chi connectivity index (χ1) is 10.2. The van der Waals surface area contributed by atoms with E-state index in [4.69, 9.17) is 5.26 Å². The summed E-state index contributed by atoms with van der Waals surface area (Å²) in [6.07, 6.45) is 8.87. The molecule has 4 aliphatic carbocycles. The molecule has 2 nitrogen and oxygen atoms in total. The SMILES string of the molecule is N#Cc1ccc2c(c1)CN(C13CC4CC(CC(C4)C1)C3)C2. The Balaban J connectivity index is 1.46. The van der Waals surface area contributed by atoms with Crippen LogP contribution in [-0.4, -0.2) is 10.4 Å². The van der Waals surface area contributed by atoms with Crippen LogP contribution in [0.15, 0.2) is 18.2 Å². The molecule has 0 radical (unpaired) electrons. The van der Waals surface area contributed by atoms with Gasteiger partial charge in [-0.25, -0.2) is 0 Å². The van der Waals surface area contributed by atoms with Crippen LogP contribution in [0.5, 0.6) is 0 Å². The Morgan fingerprint density at radius 3 is 2.19 bits per heavy atom. The molecule has 0 saturated heterocycles. The average molecular weight is 278 g/mol. The second-order valence-electron chi connectivity index (χ2n) is 8.09. The van der Waals surface area contributed by atoms with Crippen molar-refractivity contribution in [1.29, 1.82) is 5.26 Å². The fourth-order valence-corrected chi connectivity index (χ4v) is 6.25. The number of hydrogen-bond donors (Lipinski definition) is 0. The minimum Gasteiger partial charge on any atom is -0.289 e. The standard InChI is InChI=1S/C19H22N2/c20-10-13-1-2-17-11-21(12-18(17)6-13)19-7-14-3-15(8-19)5-16(4-14)9-19/h1-2,6,14-16H,3-5,7-9,11-12H2. The molecule has 6 rings (SSSR count). The summed E-state index contributed by atoms with van der Waals surface area (Å²) in [7, 11) is 0. The van der Waals surface area contributed by atoms with Crippen molar-refractivity contribution >= 4 is 0 Å². The van der Waals surface area contributed by atoms with Crippen LogP contribution in [0.25, 0.3) is 0 Å². The van der Waals surface area contributed by atoms with Crippen LogP contribution in [0, 0.1) is 29.1 Å². The number of nitrogens with zero attached hydrogens (tertiary/aromatic N) is 2. The van der Waals surface area contributed by atoms with Gasteiger partial charge in [-0.15, -0.1) is 0 Å². The second kappa shape index (κ2) is 4.11. The summed E-state index contributed by atoms with van der Waals surface area (Å²) in [6.45, 7) is 2.20. The Labute approximate surface area is 126 Å². The third-order valence-electron chi connectivity index (χ3n) is 6.73. The number of hydrogen-bond acceptors (Lipinski definition) is 2. The van der Waals surface area contributed by atoms with Crippen molar-refractivity contribution in [2.24, 2.45) is 17.8 Å².